The van der Waals surface area contributed by atoms with Crippen LogP contribution in [0.15, 0.2) is 29.3 Å². The van der Waals surface area contributed by atoms with Crippen LogP contribution in [0.25, 0.3) is 20.7 Å². The van der Waals surface area contributed by atoms with E-state index in [1.54, 1.807) is 6.07 Å². The van der Waals surface area contributed by atoms with Gasteiger partial charge in [-0.05, 0) is 12.1 Å². The summed E-state index contributed by atoms with van der Waals surface area (Å²) in [6.45, 7) is 0. The van der Waals surface area contributed by atoms with Crippen LogP contribution in [-0.2, 0) is 0 Å². The zero-order chi connectivity index (χ0) is 14.3. The lowest BCUT2D eigenvalue weighted by molar-refractivity contribution is 0.176. The Morgan fingerprint density at radius 2 is 2.30 bits per heavy atom. The SMILES string of the molecule is N[C@@H](O)c1nc2cc(-c3ccncc3F)sc2c(=O)[nH]1. The summed E-state index contributed by atoms with van der Waals surface area (Å²) < 4.78 is 14.0. The molecule has 0 amide bonds. The van der Waals surface area contributed by atoms with Gasteiger partial charge < -0.3 is 10.1 Å². The quantitative estimate of drug-likeness (QED) is 0.614. The van der Waals surface area contributed by atoms with Crippen LogP contribution in [0.5, 0.6) is 0 Å². The first kappa shape index (κ1) is 12.9. The number of thiophene rings is 1. The van der Waals surface area contributed by atoms with Gasteiger partial charge in [0.2, 0.25) is 0 Å². The third kappa shape index (κ3) is 2.09. The second kappa shape index (κ2) is 4.75. The summed E-state index contributed by atoms with van der Waals surface area (Å²) in [5.74, 6) is -0.503. The van der Waals surface area contributed by atoms with Gasteiger partial charge in [0.05, 0.1) is 11.7 Å². The van der Waals surface area contributed by atoms with Crippen molar-refractivity contribution in [2.45, 2.75) is 6.23 Å². The van der Waals surface area contributed by atoms with Crippen LogP contribution >= 0.6 is 11.3 Å². The van der Waals surface area contributed by atoms with Gasteiger partial charge in [0, 0.05) is 16.6 Å². The van der Waals surface area contributed by atoms with Gasteiger partial charge in [-0.3, -0.25) is 15.5 Å². The van der Waals surface area contributed by atoms with Crippen molar-refractivity contribution in [3.63, 3.8) is 0 Å². The molecular formula is C12H9FN4O2S. The Balaban J connectivity index is 2.24. The van der Waals surface area contributed by atoms with Crippen LogP contribution in [0.3, 0.4) is 0 Å². The molecule has 0 bridgehead atoms. The molecule has 8 heteroatoms. The lowest BCUT2D eigenvalue weighted by Crippen LogP contribution is -2.18. The topological polar surface area (TPSA) is 105 Å². The van der Waals surface area contributed by atoms with Crippen molar-refractivity contribution in [3.8, 4) is 10.4 Å². The lowest BCUT2D eigenvalue weighted by atomic mass is 10.2. The van der Waals surface area contributed by atoms with Crippen molar-refractivity contribution in [3.05, 3.63) is 46.5 Å². The molecule has 0 saturated heterocycles. The minimum Gasteiger partial charge on any atom is -0.371 e. The average Bonchev–Trinajstić information content (AvgIpc) is 2.83. The maximum Gasteiger partial charge on any atom is 0.268 e. The highest BCUT2D eigenvalue weighted by molar-refractivity contribution is 7.22. The number of nitrogens with two attached hydrogens (primary N) is 1. The van der Waals surface area contributed by atoms with Crippen LogP contribution in [0, 0.1) is 5.82 Å². The number of hydrogen-bond acceptors (Lipinski definition) is 6. The predicted molar refractivity (Wildman–Crippen MR) is 72.6 cm³/mol. The molecule has 0 radical (unpaired) electrons. The van der Waals surface area contributed by atoms with Gasteiger partial charge >= 0.3 is 0 Å². The van der Waals surface area contributed by atoms with E-state index in [1.165, 1.54) is 12.3 Å². The van der Waals surface area contributed by atoms with Crippen molar-refractivity contribution in [2.75, 3.05) is 0 Å². The monoisotopic (exact) mass is 292 g/mol. The summed E-state index contributed by atoms with van der Waals surface area (Å²) in [4.78, 5) is 22.6. The van der Waals surface area contributed by atoms with E-state index < -0.39 is 17.6 Å². The number of pyridine rings is 1. The number of rotatable bonds is 2. The molecule has 0 spiro atoms. The minimum atomic E-state index is -1.37. The number of nitrogens with one attached hydrogen (secondary N) is 1. The molecule has 20 heavy (non-hydrogen) atoms. The van der Waals surface area contributed by atoms with Crippen LogP contribution in [0.2, 0.25) is 0 Å². The summed E-state index contributed by atoms with van der Waals surface area (Å²) in [5, 5.41) is 9.26. The van der Waals surface area contributed by atoms with E-state index in [0.29, 0.717) is 20.7 Å². The fourth-order valence-electron chi connectivity index (χ4n) is 1.81. The van der Waals surface area contributed by atoms with E-state index >= 15 is 0 Å². The van der Waals surface area contributed by atoms with Gasteiger partial charge in [0.15, 0.2) is 12.1 Å². The van der Waals surface area contributed by atoms with Crippen LogP contribution in [0.1, 0.15) is 12.1 Å². The smallest absolute Gasteiger partial charge is 0.268 e. The molecule has 3 aromatic heterocycles. The summed E-state index contributed by atoms with van der Waals surface area (Å²) in [6.07, 6.45) is 1.20. The average molecular weight is 292 g/mol. The van der Waals surface area contributed by atoms with E-state index in [2.05, 4.69) is 15.0 Å². The fourth-order valence-corrected chi connectivity index (χ4v) is 2.82. The number of fused-ring (bicyclic) bond motifs is 1. The van der Waals surface area contributed by atoms with Gasteiger partial charge in [0.1, 0.15) is 10.5 Å². The molecule has 3 aromatic rings. The molecule has 0 saturated carbocycles. The number of nitrogens with zero attached hydrogens (tertiary/aromatic N) is 2. The first-order valence-electron chi connectivity index (χ1n) is 5.63. The molecule has 0 unspecified atom stereocenters. The van der Waals surface area contributed by atoms with Crippen molar-refractivity contribution in [1.82, 2.24) is 15.0 Å². The Bertz CT molecular complexity index is 843. The van der Waals surface area contributed by atoms with Gasteiger partial charge in [0.25, 0.3) is 5.56 Å². The molecule has 0 fully saturated rings. The Hall–Kier alpha value is -2.16. The summed E-state index contributed by atoms with van der Waals surface area (Å²) in [6, 6.07) is 3.10. The standard InChI is InChI=1S/C12H9FN4O2S/c13-6-4-15-2-1-5(6)8-3-7-9(20-8)12(19)17-11(16-7)10(14)18/h1-4,10,18H,14H2,(H,16,17,19)/t10-/m0/s1. The second-order valence-corrected chi connectivity index (χ2v) is 5.13. The molecule has 0 aliphatic rings. The Morgan fingerprint density at radius 1 is 1.50 bits per heavy atom. The van der Waals surface area contributed by atoms with Crippen molar-refractivity contribution in [2.24, 2.45) is 5.73 Å². The first-order chi connectivity index (χ1) is 9.56. The third-order valence-electron chi connectivity index (χ3n) is 2.72. The molecule has 102 valence electrons. The Kier molecular flexibility index (Phi) is 3.05. The molecule has 3 heterocycles. The van der Waals surface area contributed by atoms with E-state index in [4.69, 9.17) is 5.73 Å². The predicted octanol–water partition coefficient (Wildman–Crippen LogP) is 1.14. The number of H-pyrrole nitrogens is 1. The van der Waals surface area contributed by atoms with Crippen LogP contribution in [0.4, 0.5) is 4.39 Å². The first-order valence-corrected chi connectivity index (χ1v) is 6.45. The van der Waals surface area contributed by atoms with Crippen molar-refractivity contribution < 1.29 is 9.50 Å². The minimum absolute atomic E-state index is 0.0259. The van der Waals surface area contributed by atoms with Gasteiger partial charge in [-0.15, -0.1) is 11.3 Å². The highest BCUT2D eigenvalue weighted by Gasteiger charge is 2.14. The number of aromatic amines is 1. The Morgan fingerprint density at radius 3 is 3.00 bits per heavy atom. The van der Waals surface area contributed by atoms with Crippen molar-refractivity contribution in [1.29, 1.82) is 0 Å². The second-order valence-electron chi connectivity index (χ2n) is 4.08. The zero-order valence-electron chi connectivity index (χ0n) is 10.0. The maximum atomic E-state index is 13.7. The van der Waals surface area contributed by atoms with Gasteiger partial charge in [-0.2, -0.15) is 0 Å². The lowest BCUT2D eigenvalue weighted by Gasteiger charge is -2.01. The molecule has 3 rings (SSSR count). The molecule has 4 N–H and O–H groups in total. The zero-order valence-corrected chi connectivity index (χ0v) is 10.8. The number of aliphatic hydroxyl groups is 1. The summed E-state index contributed by atoms with van der Waals surface area (Å²) in [7, 11) is 0. The number of aliphatic hydroxyl groups excluding tert-OH is 1. The number of aromatic nitrogens is 3. The summed E-state index contributed by atoms with van der Waals surface area (Å²) >= 11 is 1.12. The molecule has 0 aromatic carbocycles. The van der Waals surface area contributed by atoms with Crippen molar-refractivity contribution >= 4 is 21.6 Å². The molecular weight excluding hydrogens is 283 g/mol. The van der Waals surface area contributed by atoms with Crippen LogP contribution in [-0.4, -0.2) is 20.1 Å². The number of halogens is 1. The van der Waals surface area contributed by atoms with Gasteiger partial charge in [-0.25, -0.2) is 9.37 Å². The van der Waals surface area contributed by atoms with E-state index in [0.717, 1.165) is 17.5 Å². The largest absolute Gasteiger partial charge is 0.371 e. The van der Waals surface area contributed by atoms with E-state index in [9.17, 15) is 14.3 Å². The third-order valence-corrected chi connectivity index (χ3v) is 3.88. The summed E-state index contributed by atoms with van der Waals surface area (Å²) in [5.41, 5.74) is 5.57. The fraction of sp³-hybridized carbons (Fsp3) is 0.0833. The van der Waals surface area contributed by atoms with Crippen LogP contribution < -0.4 is 11.3 Å². The Labute approximate surface area is 115 Å². The van der Waals surface area contributed by atoms with E-state index in [1.807, 2.05) is 0 Å². The van der Waals surface area contributed by atoms with E-state index in [-0.39, 0.29) is 5.82 Å². The van der Waals surface area contributed by atoms with Gasteiger partial charge in [-0.1, -0.05) is 0 Å². The molecule has 0 aliphatic heterocycles. The highest BCUT2D eigenvalue weighted by atomic mass is 32.1. The maximum absolute atomic E-state index is 13.7. The highest BCUT2D eigenvalue weighted by Crippen LogP contribution is 2.32. The molecule has 0 aliphatic carbocycles. The molecule has 1 atom stereocenters. The normalized spacial score (nSPS) is 12.8. The molecule has 6 nitrogen and oxygen atoms in total. The number of hydrogen-bond donors (Lipinski definition) is 3.